The first kappa shape index (κ1) is 10.5. The number of carbonyl (C=O) groups excluding carboxylic acids is 1. The smallest absolute Gasteiger partial charge is 0.225 e. The minimum Gasteiger partial charge on any atom is -0.391 e. The van der Waals surface area contributed by atoms with Crippen LogP contribution in [0.5, 0.6) is 0 Å². The molecule has 1 aliphatic heterocycles. The van der Waals surface area contributed by atoms with Gasteiger partial charge in [0.05, 0.1) is 6.10 Å². The lowest BCUT2D eigenvalue weighted by Gasteiger charge is -2.35. The van der Waals surface area contributed by atoms with E-state index in [0.717, 1.165) is 13.0 Å². The number of carbonyl (C=O) groups is 1. The van der Waals surface area contributed by atoms with Crippen molar-refractivity contribution in [2.45, 2.75) is 33.3 Å². The highest BCUT2D eigenvalue weighted by Gasteiger charge is 2.27. The van der Waals surface area contributed by atoms with Crippen LogP contribution in [0, 0.1) is 11.8 Å². The molecule has 0 aromatic carbocycles. The zero-order valence-corrected chi connectivity index (χ0v) is 8.66. The average molecular weight is 185 g/mol. The maximum atomic E-state index is 11.6. The Morgan fingerprint density at radius 1 is 1.46 bits per heavy atom. The molecular formula is C10H19NO2. The molecule has 0 aliphatic carbocycles. The van der Waals surface area contributed by atoms with E-state index >= 15 is 0 Å². The topological polar surface area (TPSA) is 40.5 Å². The summed E-state index contributed by atoms with van der Waals surface area (Å²) in [4.78, 5) is 13.4. The molecule has 1 fully saturated rings. The predicted octanol–water partition coefficient (Wildman–Crippen LogP) is 0.872. The van der Waals surface area contributed by atoms with E-state index in [-0.39, 0.29) is 17.9 Å². The van der Waals surface area contributed by atoms with Crippen LogP contribution in [-0.2, 0) is 4.79 Å². The van der Waals surface area contributed by atoms with E-state index in [2.05, 4.69) is 6.92 Å². The van der Waals surface area contributed by atoms with Crippen LogP contribution >= 0.6 is 0 Å². The zero-order chi connectivity index (χ0) is 10.0. The molecule has 1 amide bonds. The summed E-state index contributed by atoms with van der Waals surface area (Å²) < 4.78 is 0. The third kappa shape index (κ3) is 2.69. The van der Waals surface area contributed by atoms with Crippen molar-refractivity contribution in [3.05, 3.63) is 0 Å². The monoisotopic (exact) mass is 185 g/mol. The van der Waals surface area contributed by atoms with Crippen LogP contribution in [0.3, 0.4) is 0 Å². The van der Waals surface area contributed by atoms with Crippen LogP contribution in [-0.4, -0.2) is 35.1 Å². The van der Waals surface area contributed by atoms with Crippen molar-refractivity contribution in [3.63, 3.8) is 0 Å². The van der Waals surface area contributed by atoms with Gasteiger partial charge in [0.15, 0.2) is 0 Å². The molecule has 13 heavy (non-hydrogen) atoms. The van der Waals surface area contributed by atoms with Gasteiger partial charge < -0.3 is 10.0 Å². The van der Waals surface area contributed by atoms with Crippen LogP contribution in [0.15, 0.2) is 0 Å². The van der Waals surface area contributed by atoms with E-state index in [4.69, 9.17) is 0 Å². The van der Waals surface area contributed by atoms with E-state index in [9.17, 15) is 9.90 Å². The number of aliphatic hydroxyl groups excluding tert-OH is 1. The molecule has 0 spiro atoms. The Bertz CT molecular complexity index is 181. The van der Waals surface area contributed by atoms with E-state index in [1.54, 1.807) is 4.90 Å². The fourth-order valence-corrected chi connectivity index (χ4v) is 1.86. The van der Waals surface area contributed by atoms with Gasteiger partial charge in [0, 0.05) is 19.0 Å². The maximum Gasteiger partial charge on any atom is 0.225 e. The number of rotatable bonds is 1. The number of hydrogen-bond acceptors (Lipinski definition) is 2. The number of aliphatic hydroxyl groups is 1. The highest BCUT2D eigenvalue weighted by atomic mass is 16.3. The molecule has 0 radical (unpaired) electrons. The van der Waals surface area contributed by atoms with Gasteiger partial charge in [-0.25, -0.2) is 0 Å². The standard InChI is InChI=1S/C10H19NO2/c1-7(2)10(13)11-5-8(3)4-9(12)6-11/h7-9,12H,4-6H2,1-3H3/t8-,9+/m0/s1. The predicted molar refractivity (Wildman–Crippen MR) is 51.2 cm³/mol. The van der Waals surface area contributed by atoms with E-state index in [1.807, 2.05) is 13.8 Å². The summed E-state index contributed by atoms with van der Waals surface area (Å²) in [5, 5.41) is 9.49. The van der Waals surface area contributed by atoms with Gasteiger partial charge in [-0.2, -0.15) is 0 Å². The number of amides is 1. The van der Waals surface area contributed by atoms with Gasteiger partial charge in [0.2, 0.25) is 5.91 Å². The molecule has 0 unspecified atom stereocenters. The second-order valence-electron chi connectivity index (χ2n) is 4.39. The maximum absolute atomic E-state index is 11.6. The third-order valence-electron chi connectivity index (χ3n) is 2.44. The molecule has 1 aliphatic rings. The lowest BCUT2D eigenvalue weighted by Crippen LogP contribution is -2.47. The Balaban J connectivity index is 2.55. The molecule has 1 rings (SSSR count). The van der Waals surface area contributed by atoms with E-state index < -0.39 is 0 Å². The molecule has 3 nitrogen and oxygen atoms in total. The lowest BCUT2D eigenvalue weighted by atomic mass is 9.97. The van der Waals surface area contributed by atoms with Crippen LogP contribution < -0.4 is 0 Å². The van der Waals surface area contributed by atoms with E-state index in [0.29, 0.717) is 12.5 Å². The number of likely N-dealkylation sites (tertiary alicyclic amines) is 1. The zero-order valence-electron chi connectivity index (χ0n) is 8.66. The molecule has 2 atom stereocenters. The average Bonchev–Trinajstić information content (AvgIpc) is 2.01. The van der Waals surface area contributed by atoms with Gasteiger partial charge in [-0.05, 0) is 12.3 Å². The second kappa shape index (κ2) is 4.09. The van der Waals surface area contributed by atoms with Crippen molar-refractivity contribution in [1.82, 2.24) is 4.90 Å². The van der Waals surface area contributed by atoms with Crippen LogP contribution in [0.25, 0.3) is 0 Å². The SMILES string of the molecule is CC(C)C(=O)N1C[C@@H](C)C[C@@H](O)C1. The van der Waals surface area contributed by atoms with Crippen LogP contribution in [0.2, 0.25) is 0 Å². The molecular weight excluding hydrogens is 166 g/mol. The Morgan fingerprint density at radius 2 is 2.08 bits per heavy atom. The Kier molecular flexibility index (Phi) is 3.31. The van der Waals surface area contributed by atoms with Gasteiger partial charge in [0.1, 0.15) is 0 Å². The summed E-state index contributed by atoms with van der Waals surface area (Å²) in [6.45, 7) is 7.18. The third-order valence-corrected chi connectivity index (χ3v) is 2.44. The molecule has 0 bridgehead atoms. The van der Waals surface area contributed by atoms with Crippen molar-refractivity contribution < 1.29 is 9.90 Å². The summed E-state index contributed by atoms with van der Waals surface area (Å²) in [5.41, 5.74) is 0. The molecule has 0 aromatic heterocycles. The molecule has 3 heteroatoms. The highest BCUT2D eigenvalue weighted by molar-refractivity contribution is 5.78. The molecule has 1 heterocycles. The largest absolute Gasteiger partial charge is 0.391 e. The number of nitrogens with zero attached hydrogens (tertiary/aromatic N) is 1. The Labute approximate surface area is 79.7 Å². The van der Waals surface area contributed by atoms with Crippen LogP contribution in [0.4, 0.5) is 0 Å². The second-order valence-corrected chi connectivity index (χ2v) is 4.39. The first-order valence-corrected chi connectivity index (χ1v) is 4.97. The van der Waals surface area contributed by atoms with Gasteiger partial charge in [-0.1, -0.05) is 20.8 Å². The molecule has 1 N–H and O–H groups in total. The summed E-state index contributed by atoms with van der Waals surface area (Å²) in [6, 6.07) is 0. The number of β-amino-alcohol motifs (C(OH)–C–C–N with tert-alkyl or cyclic N) is 1. The molecule has 0 aromatic rings. The summed E-state index contributed by atoms with van der Waals surface area (Å²) in [7, 11) is 0. The first-order chi connectivity index (χ1) is 6.00. The quantitative estimate of drug-likeness (QED) is 0.658. The van der Waals surface area contributed by atoms with Crippen molar-refractivity contribution >= 4 is 5.91 Å². The fraction of sp³-hybridized carbons (Fsp3) is 0.900. The fourth-order valence-electron chi connectivity index (χ4n) is 1.86. The van der Waals surface area contributed by atoms with Crippen LogP contribution in [0.1, 0.15) is 27.2 Å². The van der Waals surface area contributed by atoms with Gasteiger partial charge in [-0.3, -0.25) is 4.79 Å². The van der Waals surface area contributed by atoms with Gasteiger partial charge in [-0.15, -0.1) is 0 Å². The summed E-state index contributed by atoms with van der Waals surface area (Å²) in [5.74, 6) is 0.620. The lowest BCUT2D eigenvalue weighted by molar-refractivity contribution is -0.138. The normalized spacial score (nSPS) is 29.5. The highest BCUT2D eigenvalue weighted by Crippen LogP contribution is 2.17. The number of hydrogen-bond donors (Lipinski definition) is 1. The van der Waals surface area contributed by atoms with Crippen molar-refractivity contribution in [1.29, 1.82) is 0 Å². The summed E-state index contributed by atoms with van der Waals surface area (Å²) in [6.07, 6.45) is 0.494. The Morgan fingerprint density at radius 3 is 2.54 bits per heavy atom. The van der Waals surface area contributed by atoms with Gasteiger partial charge >= 0.3 is 0 Å². The van der Waals surface area contributed by atoms with Gasteiger partial charge in [0.25, 0.3) is 0 Å². The van der Waals surface area contributed by atoms with Crippen molar-refractivity contribution in [2.75, 3.05) is 13.1 Å². The van der Waals surface area contributed by atoms with Crippen molar-refractivity contribution in [3.8, 4) is 0 Å². The van der Waals surface area contributed by atoms with E-state index in [1.165, 1.54) is 0 Å². The Hall–Kier alpha value is -0.570. The minimum atomic E-state index is -0.327. The molecule has 76 valence electrons. The molecule has 1 saturated heterocycles. The molecule has 0 saturated carbocycles. The number of piperidine rings is 1. The minimum absolute atomic E-state index is 0.0394. The first-order valence-electron chi connectivity index (χ1n) is 4.97. The summed E-state index contributed by atoms with van der Waals surface area (Å²) >= 11 is 0. The van der Waals surface area contributed by atoms with Crippen molar-refractivity contribution in [2.24, 2.45) is 11.8 Å².